The molecule has 0 aromatic heterocycles. The summed E-state index contributed by atoms with van der Waals surface area (Å²) in [6.45, 7) is 6.04. The van der Waals surface area contributed by atoms with Gasteiger partial charge in [-0.3, -0.25) is 0 Å². The van der Waals surface area contributed by atoms with E-state index < -0.39 is 71.4 Å². The van der Waals surface area contributed by atoms with Gasteiger partial charge in [-0.05, 0) is 0 Å². The summed E-state index contributed by atoms with van der Waals surface area (Å²) in [5.41, 5.74) is 0. The fourth-order valence-corrected chi connectivity index (χ4v) is 34.5. The van der Waals surface area contributed by atoms with E-state index in [-0.39, 0.29) is 0 Å². The van der Waals surface area contributed by atoms with Crippen molar-refractivity contribution < 1.29 is 86.0 Å². The van der Waals surface area contributed by atoms with Crippen molar-refractivity contribution in [2.24, 2.45) is 0 Å². The van der Waals surface area contributed by atoms with E-state index in [9.17, 15) is 0 Å². The third-order valence-corrected chi connectivity index (χ3v) is 33.5. The Bertz CT molecular complexity index is 685. The summed E-state index contributed by atoms with van der Waals surface area (Å²) in [7, 11) is -16.4. The van der Waals surface area contributed by atoms with Crippen LogP contribution in [0, 0.1) is 0 Å². The predicted octanol–water partition coefficient (Wildman–Crippen LogP) is -0.0932. The van der Waals surface area contributed by atoms with Crippen molar-refractivity contribution in [3.05, 3.63) is 0 Å². The minimum atomic E-state index is -4.20. The molecule has 0 amide bonds. The molecular weight excluding hydrogens is 737 g/mol. The topological polar surface area (TPSA) is 185 Å². The van der Waals surface area contributed by atoms with E-state index in [1.165, 1.54) is 112 Å². The smallest absolute Gasteiger partial charge is 0.373 e. The Balaban J connectivity index is 4.04. The SMILES string of the molecule is CO[Si](OC)(OC)O[Si]1(C)O[Si](C)(O[Si](OC)(OC)OC)O[Si](C)(O[Si](OC)(OC)OC)O[Si](C)(O[Si](OC)(OC)OC)O1. The molecule has 0 spiro atoms. The summed E-state index contributed by atoms with van der Waals surface area (Å²) in [4.78, 5) is 0. The van der Waals surface area contributed by atoms with Crippen LogP contribution in [0.1, 0.15) is 0 Å². The lowest BCUT2D eigenvalue weighted by Crippen LogP contribution is -2.76. The summed E-state index contributed by atoms with van der Waals surface area (Å²) in [6, 6.07) is 0. The summed E-state index contributed by atoms with van der Waals surface area (Å²) < 4.78 is 118. The van der Waals surface area contributed by atoms with Gasteiger partial charge in [0.2, 0.25) is 0 Å². The van der Waals surface area contributed by atoms with Crippen LogP contribution < -0.4 is 0 Å². The van der Waals surface area contributed by atoms with E-state index >= 15 is 0 Å². The van der Waals surface area contributed by atoms with Gasteiger partial charge in [0.1, 0.15) is 0 Å². The van der Waals surface area contributed by atoms with E-state index in [1.807, 2.05) is 0 Å². The fourth-order valence-electron chi connectivity index (χ4n) is 4.01. The molecule has 0 aromatic carbocycles. The lowest BCUT2D eigenvalue weighted by atomic mass is 11.8. The van der Waals surface area contributed by atoms with Crippen LogP contribution in [0.2, 0.25) is 26.2 Å². The van der Waals surface area contributed by atoms with Gasteiger partial charge in [-0.1, -0.05) is 0 Å². The number of rotatable bonds is 20. The van der Waals surface area contributed by atoms with Gasteiger partial charge in [0.05, 0.1) is 0 Å². The molecule has 1 fully saturated rings. The standard InChI is InChI=1S/C16H48O20Si8/c1-17-41(18-2,19-3)33-37(13)29-38(14,34-42(20-4,21-5)22-6)31-40(16,36-44(26-10,27-11)28-12)32-39(15,30-37)35-43(23-7,24-8)25-9/h1-16H3. The van der Waals surface area contributed by atoms with Gasteiger partial charge in [0, 0.05) is 112 Å². The quantitative estimate of drug-likeness (QED) is 0.149. The lowest BCUT2D eigenvalue weighted by Gasteiger charge is -2.49. The first-order valence-electron chi connectivity index (χ1n) is 12.6. The monoisotopic (exact) mass is 784 g/mol. The molecule has 28 heteroatoms. The van der Waals surface area contributed by atoms with Crippen LogP contribution in [-0.4, -0.2) is 157 Å². The Morgan fingerprint density at radius 2 is 0.386 bits per heavy atom. The molecule has 20 nitrogen and oxygen atoms in total. The van der Waals surface area contributed by atoms with Crippen LogP contribution in [0.3, 0.4) is 0 Å². The highest BCUT2D eigenvalue weighted by Gasteiger charge is 2.71. The molecule has 0 atom stereocenters. The van der Waals surface area contributed by atoms with Crippen LogP contribution in [0.15, 0.2) is 0 Å². The molecule has 1 aliphatic heterocycles. The average Bonchev–Trinajstić information content (AvgIpc) is 2.99. The van der Waals surface area contributed by atoms with Crippen LogP contribution in [-0.2, 0) is 86.0 Å². The van der Waals surface area contributed by atoms with Crippen LogP contribution in [0.5, 0.6) is 0 Å². The van der Waals surface area contributed by atoms with Gasteiger partial charge >= 0.3 is 71.4 Å². The van der Waals surface area contributed by atoms with Crippen LogP contribution in [0.25, 0.3) is 0 Å². The van der Waals surface area contributed by atoms with Gasteiger partial charge in [-0.15, -0.1) is 0 Å². The van der Waals surface area contributed by atoms with Crippen molar-refractivity contribution in [2.45, 2.75) is 26.2 Å². The van der Waals surface area contributed by atoms with Gasteiger partial charge in [0.15, 0.2) is 0 Å². The third-order valence-electron chi connectivity index (χ3n) is 5.72. The lowest BCUT2D eigenvalue weighted by molar-refractivity contribution is -0.0198. The van der Waals surface area contributed by atoms with Gasteiger partial charge in [0.25, 0.3) is 0 Å². The Morgan fingerprint density at radius 1 is 0.273 bits per heavy atom. The maximum absolute atomic E-state index is 6.60. The highest BCUT2D eigenvalue weighted by atomic mass is 28.6. The summed E-state index contributed by atoms with van der Waals surface area (Å²) in [5, 5.41) is 0. The molecular formula is C16H48O20Si8. The molecule has 44 heavy (non-hydrogen) atoms. The fraction of sp³-hybridized carbons (Fsp3) is 1.00. The van der Waals surface area contributed by atoms with E-state index in [0.29, 0.717) is 0 Å². The molecule has 0 bridgehead atoms. The Kier molecular flexibility index (Phi) is 16.6. The first kappa shape index (κ1) is 43.0. The molecule has 0 saturated carbocycles. The van der Waals surface area contributed by atoms with Crippen molar-refractivity contribution in [2.75, 3.05) is 85.3 Å². The average molecular weight is 785 g/mol. The summed E-state index contributed by atoms with van der Waals surface area (Å²) in [5.74, 6) is 0. The Labute approximate surface area is 268 Å². The second-order valence-electron chi connectivity index (χ2n) is 8.72. The zero-order valence-electron chi connectivity index (χ0n) is 28.2. The van der Waals surface area contributed by atoms with Gasteiger partial charge in [-0.2, -0.15) is 0 Å². The molecule has 1 saturated heterocycles. The summed E-state index contributed by atoms with van der Waals surface area (Å²) >= 11 is 0. The van der Waals surface area contributed by atoms with Gasteiger partial charge in [-0.25, -0.2) is 0 Å². The maximum atomic E-state index is 6.60. The molecule has 0 unspecified atom stereocenters. The van der Waals surface area contributed by atoms with Crippen molar-refractivity contribution in [1.29, 1.82) is 0 Å². The summed E-state index contributed by atoms with van der Waals surface area (Å²) in [6.07, 6.45) is 0. The molecule has 0 N–H and O–H groups in total. The Hall–Kier alpha value is 0.935. The largest absolute Gasteiger partial charge is 0.671 e. The second-order valence-corrected chi connectivity index (χ2v) is 31.0. The van der Waals surface area contributed by atoms with Crippen molar-refractivity contribution in [3.8, 4) is 0 Å². The van der Waals surface area contributed by atoms with Crippen molar-refractivity contribution in [3.63, 3.8) is 0 Å². The molecule has 264 valence electrons. The minimum Gasteiger partial charge on any atom is -0.373 e. The molecule has 0 aromatic rings. The molecule has 0 radical (unpaired) electrons. The van der Waals surface area contributed by atoms with Gasteiger partial charge < -0.3 is 86.0 Å². The van der Waals surface area contributed by atoms with E-state index in [4.69, 9.17) is 86.0 Å². The second kappa shape index (κ2) is 17.0. The van der Waals surface area contributed by atoms with Crippen molar-refractivity contribution >= 4 is 71.4 Å². The maximum Gasteiger partial charge on any atom is 0.671 e. The van der Waals surface area contributed by atoms with Crippen LogP contribution in [0.4, 0.5) is 0 Å². The molecule has 1 aliphatic rings. The normalized spacial score (nSPS) is 29.5. The Morgan fingerprint density at radius 3 is 0.477 bits per heavy atom. The first-order valence-corrected chi connectivity index (χ1v) is 28.0. The minimum absolute atomic E-state index is 1.34. The number of hydrogen-bond donors (Lipinski definition) is 0. The first-order chi connectivity index (χ1) is 20.4. The zero-order chi connectivity index (χ0) is 34.1. The highest BCUT2D eigenvalue weighted by Crippen LogP contribution is 2.38. The number of hydrogen-bond acceptors (Lipinski definition) is 20. The zero-order valence-corrected chi connectivity index (χ0v) is 36.2. The predicted molar refractivity (Wildman–Crippen MR) is 162 cm³/mol. The van der Waals surface area contributed by atoms with Crippen LogP contribution >= 0.6 is 0 Å². The molecule has 1 rings (SSSR count). The highest BCUT2D eigenvalue weighted by molar-refractivity contribution is 6.93. The van der Waals surface area contributed by atoms with Crippen molar-refractivity contribution in [1.82, 2.24) is 0 Å². The third kappa shape index (κ3) is 10.5. The van der Waals surface area contributed by atoms with E-state index in [2.05, 4.69) is 0 Å². The van der Waals surface area contributed by atoms with E-state index in [0.717, 1.165) is 0 Å². The molecule has 0 aliphatic carbocycles. The van der Waals surface area contributed by atoms with E-state index in [1.54, 1.807) is 0 Å². The molecule has 1 heterocycles.